The first kappa shape index (κ1) is 24.8. The molecule has 0 fully saturated rings. The van der Waals surface area contributed by atoms with Crippen molar-refractivity contribution >= 4 is 62.3 Å². The average molecular weight is 539 g/mol. The Morgan fingerprint density at radius 1 is 1.17 bits per heavy atom. The lowest BCUT2D eigenvalue weighted by atomic mass is 9.85. The van der Waals surface area contributed by atoms with Gasteiger partial charge in [0, 0.05) is 20.8 Å². The second kappa shape index (κ2) is 9.85. The summed E-state index contributed by atoms with van der Waals surface area (Å²) in [5, 5.41) is 5.23. The molecule has 1 aliphatic carbocycles. The van der Waals surface area contributed by atoms with Gasteiger partial charge in [0.15, 0.2) is 0 Å². The lowest BCUT2D eigenvalue weighted by Gasteiger charge is -2.20. The number of hydrogen-bond acceptors (Lipinski definition) is 4. The van der Waals surface area contributed by atoms with Crippen LogP contribution in [0.25, 0.3) is 22.2 Å². The fourth-order valence-electron chi connectivity index (χ4n) is 5.06. The first-order valence-electron chi connectivity index (χ1n) is 11.9. The number of fused-ring (bicyclic) bond motifs is 2. The van der Waals surface area contributed by atoms with E-state index in [2.05, 4.69) is 12.2 Å². The molecule has 0 saturated heterocycles. The number of para-hydroxylation sites is 1. The topological polar surface area (TPSA) is 85.1 Å². The third kappa shape index (κ3) is 4.38. The number of thiophene rings is 1. The monoisotopic (exact) mass is 537 g/mol. The minimum atomic E-state index is -0.511. The van der Waals surface area contributed by atoms with E-state index in [1.807, 2.05) is 31.2 Å². The van der Waals surface area contributed by atoms with E-state index in [9.17, 15) is 9.59 Å². The fraction of sp³-hybridized carbons (Fsp3) is 0.250. The van der Waals surface area contributed by atoms with Gasteiger partial charge in [-0.25, -0.2) is 4.98 Å². The van der Waals surface area contributed by atoms with Gasteiger partial charge in [0.2, 0.25) is 0 Å². The van der Waals surface area contributed by atoms with Gasteiger partial charge in [-0.1, -0.05) is 54.7 Å². The predicted molar refractivity (Wildman–Crippen MR) is 149 cm³/mol. The van der Waals surface area contributed by atoms with Gasteiger partial charge in [-0.15, -0.1) is 11.3 Å². The van der Waals surface area contributed by atoms with Crippen molar-refractivity contribution in [3.8, 4) is 11.3 Å². The van der Waals surface area contributed by atoms with Crippen LogP contribution in [-0.4, -0.2) is 16.8 Å². The Morgan fingerprint density at radius 2 is 1.94 bits per heavy atom. The van der Waals surface area contributed by atoms with Crippen molar-refractivity contribution in [3.05, 3.63) is 79.6 Å². The summed E-state index contributed by atoms with van der Waals surface area (Å²) in [6.45, 7) is 4.04. The van der Waals surface area contributed by atoms with Crippen molar-refractivity contribution in [1.82, 2.24) is 4.98 Å². The van der Waals surface area contributed by atoms with Crippen molar-refractivity contribution < 1.29 is 9.59 Å². The maximum atomic E-state index is 13.8. The molecule has 4 aromatic rings. The van der Waals surface area contributed by atoms with Gasteiger partial charge in [0.25, 0.3) is 11.8 Å². The maximum absolute atomic E-state index is 13.8. The number of pyridine rings is 1. The highest BCUT2D eigenvalue weighted by molar-refractivity contribution is 7.17. The molecule has 2 heterocycles. The molecule has 2 aromatic heterocycles. The molecule has 2 amide bonds. The van der Waals surface area contributed by atoms with Gasteiger partial charge in [-0.05, 0) is 67.5 Å². The summed E-state index contributed by atoms with van der Waals surface area (Å²) in [7, 11) is 0. The van der Waals surface area contributed by atoms with Gasteiger partial charge in [-0.3, -0.25) is 9.59 Å². The molecule has 0 unspecified atom stereocenters. The number of rotatable bonds is 5. The summed E-state index contributed by atoms with van der Waals surface area (Å²) >= 11 is 14.1. The molecule has 8 heteroatoms. The van der Waals surface area contributed by atoms with Crippen LogP contribution in [0.15, 0.2) is 42.5 Å². The number of nitrogens with zero attached hydrogens (tertiary/aromatic N) is 1. The van der Waals surface area contributed by atoms with E-state index in [0.29, 0.717) is 59.8 Å². The SMILES string of the molecule is CC[C@H]1CCc2c(sc(NC(=O)c3c(C)c(-c4ccc(Cl)cc4Cl)nc4ccccc34)c2C(N)=O)C1. The number of halogens is 2. The number of carbonyl (C=O) groups excluding carboxylic acids is 2. The minimum absolute atomic E-state index is 0.314. The summed E-state index contributed by atoms with van der Waals surface area (Å²) in [5.41, 5.74) is 10.3. The smallest absolute Gasteiger partial charge is 0.257 e. The summed E-state index contributed by atoms with van der Waals surface area (Å²) < 4.78 is 0. The second-order valence-corrected chi connectivity index (χ2v) is 11.1. The lowest BCUT2D eigenvalue weighted by molar-refractivity contribution is 0.1000. The summed E-state index contributed by atoms with van der Waals surface area (Å²) in [5.74, 6) is -0.244. The van der Waals surface area contributed by atoms with Gasteiger partial charge in [0.05, 0.1) is 27.4 Å². The van der Waals surface area contributed by atoms with E-state index in [1.54, 1.807) is 18.2 Å². The Labute approximate surface area is 223 Å². The van der Waals surface area contributed by atoms with Crippen molar-refractivity contribution in [1.29, 1.82) is 0 Å². The van der Waals surface area contributed by atoms with Gasteiger partial charge in [-0.2, -0.15) is 0 Å². The lowest BCUT2D eigenvalue weighted by Crippen LogP contribution is -2.20. The molecule has 0 aliphatic heterocycles. The Hall–Kier alpha value is -2.93. The van der Waals surface area contributed by atoms with Crippen LogP contribution >= 0.6 is 34.5 Å². The third-order valence-corrected chi connectivity index (χ3v) is 8.68. The first-order chi connectivity index (χ1) is 17.3. The van der Waals surface area contributed by atoms with E-state index >= 15 is 0 Å². The third-order valence-electron chi connectivity index (χ3n) is 6.97. The van der Waals surface area contributed by atoms with Gasteiger partial charge < -0.3 is 11.1 Å². The van der Waals surface area contributed by atoms with Crippen molar-refractivity contribution in [3.63, 3.8) is 0 Å². The van der Waals surface area contributed by atoms with Gasteiger partial charge >= 0.3 is 0 Å². The standard InChI is InChI=1S/C28H25Cl2N3O2S/c1-3-15-8-10-19-22(12-15)36-28(24(19)26(31)34)33-27(35)23-14(2)25(17-11-9-16(29)13-20(17)30)32-21-7-5-4-6-18(21)23/h4-7,9,11,13,15H,3,8,10,12H2,1-2H3,(H2,31,34)(H,33,35)/t15-/m0/s1. The zero-order valence-electron chi connectivity index (χ0n) is 20.0. The molecular formula is C28H25Cl2N3O2S. The number of nitrogens with two attached hydrogens (primary N) is 1. The minimum Gasteiger partial charge on any atom is -0.365 e. The van der Waals surface area contributed by atoms with Crippen LogP contribution < -0.4 is 11.1 Å². The first-order valence-corrected chi connectivity index (χ1v) is 13.5. The zero-order chi connectivity index (χ0) is 25.6. The van der Waals surface area contributed by atoms with Crippen molar-refractivity contribution in [2.45, 2.75) is 39.5 Å². The molecule has 36 heavy (non-hydrogen) atoms. The molecule has 3 N–H and O–H groups in total. The molecule has 2 aromatic carbocycles. The Kier molecular flexibility index (Phi) is 6.77. The quantitative estimate of drug-likeness (QED) is 0.277. The molecule has 0 radical (unpaired) electrons. The predicted octanol–water partition coefficient (Wildman–Crippen LogP) is 7.44. The summed E-state index contributed by atoms with van der Waals surface area (Å²) in [6.07, 6.45) is 3.81. The van der Waals surface area contributed by atoms with Crippen molar-refractivity contribution in [2.24, 2.45) is 11.7 Å². The van der Waals surface area contributed by atoms with Crippen LogP contribution in [0.5, 0.6) is 0 Å². The highest BCUT2D eigenvalue weighted by Gasteiger charge is 2.29. The van der Waals surface area contributed by atoms with E-state index < -0.39 is 5.91 Å². The van der Waals surface area contributed by atoms with Crippen LogP contribution in [0.2, 0.25) is 10.0 Å². The average Bonchev–Trinajstić information content (AvgIpc) is 3.20. The number of aromatic nitrogens is 1. The van der Waals surface area contributed by atoms with E-state index in [4.69, 9.17) is 33.9 Å². The number of benzene rings is 2. The molecule has 5 rings (SSSR count). The Morgan fingerprint density at radius 3 is 2.67 bits per heavy atom. The van der Waals surface area contributed by atoms with E-state index in [-0.39, 0.29) is 5.91 Å². The largest absolute Gasteiger partial charge is 0.365 e. The number of primary amides is 1. The molecule has 184 valence electrons. The van der Waals surface area contributed by atoms with E-state index in [0.717, 1.165) is 36.1 Å². The molecule has 0 spiro atoms. The summed E-state index contributed by atoms with van der Waals surface area (Å²) in [6, 6.07) is 12.7. The summed E-state index contributed by atoms with van der Waals surface area (Å²) in [4.78, 5) is 32.3. The Bertz CT molecular complexity index is 1530. The zero-order valence-corrected chi connectivity index (χ0v) is 22.3. The van der Waals surface area contributed by atoms with Crippen LogP contribution in [0.4, 0.5) is 5.00 Å². The fourth-order valence-corrected chi connectivity index (χ4v) is 6.92. The van der Waals surface area contributed by atoms with Crippen LogP contribution in [0.3, 0.4) is 0 Å². The molecular weight excluding hydrogens is 513 g/mol. The normalized spacial score (nSPS) is 15.1. The molecule has 0 bridgehead atoms. The maximum Gasteiger partial charge on any atom is 0.257 e. The van der Waals surface area contributed by atoms with Crippen LogP contribution in [-0.2, 0) is 12.8 Å². The van der Waals surface area contributed by atoms with Crippen LogP contribution in [0.1, 0.15) is 56.5 Å². The number of amides is 2. The molecule has 0 saturated carbocycles. The van der Waals surface area contributed by atoms with E-state index in [1.165, 1.54) is 11.3 Å². The molecule has 5 nitrogen and oxygen atoms in total. The second-order valence-electron chi connectivity index (χ2n) is 9.15. The number of nitrogens with one attached hydrogen (secondary N) is 1. The number of anilines is 1. The van der Waals surface area contributed by atoms with Crippen LogP contribution in [0, 0.1) is 12.8 Å². The highest BCUT2D eigenvalue weighted by Crippen LogP contribution is 2.41. The Balaban J connectivity index is 1.63. The van der Waals surface area contributed by atoms with Crippen molar-refractivity contribution in [2.75, 3.05) is 5.32 Å². The number of hydrogen-bond donors (Lipinski definition) is 2. The highest BCUT2D eigenvalue weighted by atomic mass is 35.5. The van der Waals surface area contributed by atoms with Gasteiger partial charge in [0.1, 0.15) is 5.00 Å². The molecule has 1 atom stereocenters. The number of carbonyl (C=O) groups is 2. The molecule has 1 aliphatic rings.